The van der Waals surface area contributed by atoms with Crippen molar-refractivity contribution in [1.82, 2.24) is 10.3 Å². The van der Waals surface area contributed by atoms with Gasteiger partial charge in [0.25, 0.3) is 0 Å². The summed E-state index contributed by atoms with van der Waals surface area (Å²) in [6, 6.07) is 9.32. The van der Waals surface area contributed by atoms with Crippen LogP contribution in [0.1, 0.15) is 18.4 Å². The predicted octanol–water partition coefficient (Wildman–Crippen LogP) is 2.46. The molecule has 2 aromatic rings. The minimum atomic E-state index is 0.815. The first kappa shape index (κ1) is 8.98. The average molecular weight is 200 g/mol. The molecule has 1 fully saturated rings. The number of aromatic amines is 1. The largest absolute Gasteiger partial charge is 0.361 e. The summed E-state index contributed by atoms with van der Waals surface area (Å²) in [5.74, 6) is 0. The van der Waals surface area contributed by atoms with Gasteiger partial charge in [0, 0.05) is 23.1 Å². The van der Waals surface area contributed by atoms with Gasteiger partial charge in [-0.15, -0.1) is 0 Å². The van der Waals surface area contributed by atoms with Crippen molar-refractivity contribution in [1.29, 1.82) is 0 Å². The van der Waals surface area contributed by atoms with Crippen LogP contribution in [0.2, 0.25) is 0 Å². The molecule has 1 saturated carbocycles. The van der Waals surface area contributed by atoms with Gasteiger partial charge in [0.05, 0.1) is 0 Å². The highest BCUT2D eigenvalue weighted by atomic mass is 14.9. The Hall–Kier alpha value is -1.28. The van der Waals surface area contributed by atoms with E-state index in [9.17, 15) is 0 Å². The van der Waals surface area contributed by atoms with Crippen molar-refractivity contribution in [2.45, 2.75) is 25.3 Å². The molecule has 0 unspecified atom stereocenters. The zero-order valence-electron chi connectivity index (χ0n) is 8.79. The number of nitrogens with one attached hydrogen (secondary N) is 2. The Labute approximate surface area is 89.7 Å². The van der Waals surface area contributed by atoms with Gasteiger partial charge in [0.2, 0.25) is 0 Å². The van der Waals surface area contributed by atoms with Gasteiger partial charge in [-0.3, -0.25) is 0 Å². The maximum Gasteiger partial charge on any atom is 0.0456 e. The number of rotatable bonds is 4. The monoisotopic (exact) mass is 200 g/mol. The lowest BCUT2D eigenvalue weighted by atomic mass is 10.1. The molecule has 1 heterocycles. The standard InChI is InChI=1S/C13H16N2/c1-2-4-13-12(3-1)10(9-15-13)7-8-14-11-5-6-11/h1-4,9,11,14-15H,5-8H2. The number of hydrogen-bond donors (Lipinski definition) is 2. The van der Waals surface area contributed by atoms with Crippen LogP contribution in [0, 0.1) is 0 Å². The molecule has 0 bridgehead atoms. The van der Waals surface area contributed by atoms with Gasteiger partial charge in [-0.05, 0) is 37.4 Å². The van der Waals surface area contributed by atoms with Crippen LogP contribution in [0.5, 0.6) is 0 Å². The van der Waals surface area contributed by atoms with E-state index >= 15 is 0 Å². The highest BCUT2D eigenvalue weighted by Gasteiger charge is 2.19. The fraction of sp³-hybridized carbons (Fsp3) is 0.385. The van der Waals surface area contributed by atoms with Crippen LogP contribution in [-0.2, 0) is 6.42 Å². The maximum atomic E-state index is 3.55. The third-order valence-electron chi connectivity index (χ3n) is 3.08. The topological polar surface area (TPSA) is 27.8 Å². The SMILES string of the molecule is c1ccc2c(CCNC3CC3)c[nH]c2c1. The molecule has 0 saturated heterocycles. The Morgan fingerprint density at radius 2 is 2.13 bits per heavy atom. The van der Waals surface area contributed by atoms with Gasteiger partial charge in [-0.2, -0.15) is 0 Å². The molecule has 0 aliphatic heterocycles. The summed E-state index contributed by atoms with van der Waals surface area (Å²) in [6.07, 6.45) is 6.00. The van der Waals surface area contributed by atoms with E-state index in [4.69, 9.17) is 0 Å². The molecule has 0 atom stereocenters. The van der Waals surface area contributed by atoms with Gasteiger partial charge < -0.3 is 10.3 Å². The molecule has 15 heavy (non-hydrogen) atoms. The molecule has 0 spiro atoms. The average Bonchev–Trinajstić information content (AvgIpc) is 3.00. The summed E-state index contributed by atoms with van der Waals surface area (Å²) in [5, 5.41) is 4.92. The quantitative estimate of drug-likeness (QED) is 0.779. The number of benzene rings is 1. The second-order valence-corrected chi connectivity index (χ2v) is 4.34. The van der Waals surface area contributed by atoms with Crippen molar-refractivity contribution in [3.8, 4) is 0 Å². The Morgan fingerprint density at radius 1 is 1.27 bits per heavy atom. The number of aromatic nitrogens is 1. The third-order valence-corrected chi connectivity index (χ3v) is 3.08. The number of H-pyrrole nitrogens is 1. The van der Waals surface area contributed by atoms with Crippen LogP contribution >= 0.6 is 0 Å². The van der Waals surface area contributed by atoms with E-state index < -0.39 is 0 Å². The van der Waals surface area contributed by atoms with Crippen LogP contribution in [-0.4, -0.2) is 17.6 Å². The zero-order chi connectivity index (χ0) is 10.1. The molecule has 2 heteroatoms. The molecule has 0 amide bonds. The zero-order valence-corrected chi connectivity index (χ0v) is 8.79. The lowest BCUT2D eigenvalue weighted by Crippen LogP contribution is -2.19. The number of hydrogen-bond acceptors (Lipinski definition) is 1. The van der Waals surface area contributed by atoms with Gasteiger partial charge in [-0.1, -0.05) is 18.2 Å². The highest BCUT2D eigenvalue weighted by molar-refractivity contribution is 5.83. The molecule has 1 aromatic heterocycles. The fourth-order valence-electron chi connectivity index (χ4n) is 2.04. The van der Waals surface area contributed by atoms with Crippen LogP contribution in [0.4, 0.5) is 0 Å². The van der Waals surface area contributed by atoms with E-state index in [-0.39, 0.29) is 0 Å². The van der Waals surface area contributed by atoms with Crippen molar-refractivity contribution in [3.63, 3.8) is 0 Å². The van der Waals surface area contributed by atoms with Crippen LogP contribution < -0.4 is 5.32 Å². The second-order valence-electron chi connectivity index (χ2n) is 4.34. The Kier molecular flexibility index (Phi) is 2.22. The van der Waals surface area contributed by atoms with Crippen molar-refractivity contribution < 1.29 is 0 Å². The van der Waals surface area contributed by atoms with Crippen molar-refractivity contribution in [2.24, 2.45) is 0 Å². The van der Waals surface area contributed by atoms with E-state index in [1.165, 1.54) is 29.3 Å². The summed E-state index contributed by atoms with van der Waals surface area (Å²) in [5.41, 5.74) is 2.68. The summed E-state index contributed by atoms with van der Waals surface area (Å²) >= 11 is 0. The Bertz CT molecular complexity index is 454. The highest BCUT2D eigenvalue weighted by Crippen LogP contribution is 2.20. The summed E-state index contributed by atoms with van der Waals surface area (Å²) in [7, 11) is 0. The van der Waals surface area contributed by atoms with E-state index in [0.717, 1.165) is 19.0 Å². The first-order valence-corrected chi connectivity index (χ1v) is 5.72. The van der Waals surface area contributed by atoms with Gasteiger partial charge in [0.15, 0.2) is 0 Å². The van der Waals surface area contributed by atoms with E-state index in [1.807, 2.05) is 0 Å². The van der Waals surface area contributed by atoms with Crippen LogP contribution in [0.15, 0.2) is 30.5 Å². The third kappa shape index (κ3) is 1.90. The smallest absolute Gasteiger partial charge is 0.0456 e. The summed E-state index contributed by atoms with van der Waals surface area (Å²) in [6.45, 7) is 1.10. The van der Waals surface area contributed by atoms with Crippen LogP contribution in [0.25, 0.3) is 10.9 Å². The van der Waals surface area contributed by atoms with Crippen molar-refractivity contribution in [3.05, 3.63) is 36.0 Å². The predicted molar refractivity (Wildman–Crippen MR) is 63.0 cm³/mol. The molecule has 0 radical (unpaired) electrons. The lowest BCUT2D eigenvalue weighted by Gasteiger charge is -2.01. The molecule has 78 valence electrons. The molecule has 1 aromatic carbocycles. The Morgan fingerprint density at radius 3 is 3.00 bits per heavy atom. The van der Waals surface area contributed by atoms with Gasteiger partial charge in [-0.25, -0.2) is 0 Å². The second kappa shape index (κ2) is 3.70. The summed E-state index contributed by atoms with van der Waals surface area (Å²) < 4.78 is 0. The van der Waals surface area contributed by atoms with E-state index in [2.05, 4.69) is 40.8 Å². The molecule has 1 aliphatic carbocycles. The van der Waals surface area contributed by atoms with E-state index in [0.29, 0.717) is 0 Å². The first-order chi connectivity index (χ1) is 7.43. The number of para-hydroxylation sites is 1. The molecule has 3 rings (SSSR count). The molecule has 2 nitrogen and oxygen atoms in total. The van der Waals surface area contributed by atoms with Gasteiger partial charge >= 0.3 is 0 Å². The molecular formula is C13H16N2. The van der Waals surface area contributed by atoms with E-state index in [1.54, 1.807) is 0 Å². The normalized spacial score (nSPS) is 16.0. The van der Waals surface area contributed by atoms with Crippen molar-refractivity contribution >= 4 is 10.9 Å². The molecule has 1 aliphatic rings. The number of fused-ring (bicyclic) bond motifs is 1. The van der Waals surface area contributed by atoms with Gasteiger partial charge in [0.1, 0.15) is 0 Å². The minimum absolute atomic E-state index is 0.815. The molecular weight excluding hydrogens is 184 g/mol. The minimum Gasteiger partial charge on any atom is -0.361 e. The lowest BCUT2D eigenvalue weighted by molar-refractivity contribution is 0.683. The maximum absolute atomic E-state index is 3.55. The van der Waals surface area contributed by atoms with Crippen LogP contribution in [0.3, 0.4) is 0 Å². The molecule has 2 N–H and O–H groups in total. The van der Waals surface area contributed by atoms with Crippen molar-refractivity contribution in [2.75, 3.05) is 6.54 Å². The Balaban J connectivity index is 1.72. The summed E-state index contributed by atoms with van der Waals surface area (Å²) in [4.78, 5) is 3.31. The fourth-order valence-corrected chi connectivity index (χ4v) is 2.04. The first-order valence-electron chi connectivity index (χ1n) is 5.72.